The van der Waals surface area contributed by atoms with E-state index < -0.39 is 7.37 Å². The van der Waals surface area contributed by atoms with Gasteiger partial charge in [0.05, 0.1) is 25.0 Å². The summed E-state index contributed by atoms with van der Waals surface area (Å²) >= 11 is 0. The van der Waals surface area contributed by atoms with Gasteiger partial charge in [-0.2, -0.15) is 0 Å². The SMILES string of the molecule is CCOP(=O)(c1ccccc1)C(CC(C)C)N[C@H](COC)c1ccccc1. The molecule has 2 aromatic rings. The summed E-state index contributed by atoms with van der Waals surface area (Å²) in [5.74, 6) is 0.0826. The van der Waals surface area contributed by atoms with Gasteiger partial charge in [-0.3, -0.25) is 9.88 Å². The lowest BCUT2D eigenvalue weighted by Crippen LogP contribution is -2.39. The van der Waals surface area contributed by atoms with Crippen LogP contribution in [-0.4, -0.2) is 26.1 Å². The molecule has 0 spiro atoms. The standard InChI is InChI=1S/C22H32NO3P/c1-5-26-27(24,20-14-10-7-11-15-20)22(16-18(2)3)23-21(17-25-4)19-12-8-6-9-13-19/h6-15,18,21-23H,5,16-17H2,1-4H3/t21-,22?,27?/m1/s1. The van der Waals surface area contributed by atoms with E-state index in [0.717, 1.165) is 17.3 Å². The molecular formula is C22H32NO3P. The smallest absolute Gasteiger partial charge is 0.248 e. The van der Waals surface area contributed by atoms with Crippen LogP contribution in [0.4, 0.5) is 0 Å². The summed E-state index contributed by atoms with van der Waals surface area (Å²) in [7, 11) is -1.41. The van der Waals surface area contributed by atoms with E-state index in [4.69, 9.17) is 9.26 Å². The maximum atomic E-state index is 14.1. The lowest BCUT2D eigenvalue weighted by molar-refractivity contribution is 0.162. The fourth-order valence-electron chi connectivity index (χ4n) is 3.25. The van der Waals surface area contributed by atoms with E-state index in [1.165, 1.54) is 0 Å². The Bertz CT molecular complexity index is 706. The van der Waals surface area contributed by atoms with Crippen LogP contribution in [0, 0.1) is 5.92 Å². The van der Waals surface area contributed by atoms with Crippen molar-refractivity contribution in [1.82, 2.24) is 5.32 Å². The molecule has 0 saturated heterocycles. The van der Waals surface area contributed by atoms with Crippen molar-refractivity contribution in [2.75, 3.05) is 20.3 Å². The van der Waals surface area contributed by atoms with Crippen molar-refractivity contribution in [1.29, 1.82) is 0 Å². The van der Waals surface area contributed by atoms with Gasteiger partial charge < -0.3 is 9.26 Å². The molecule has 0 aromatic heterocycles. The molecule has 2 unspecified atom stereocenters. The Morgan fingerprint density at radius 2 is 1.59 bits per heavy atom. The number of ether oxygens (including phenoxy) is 1. The summed E-state index contributed by atoms with van der Waals surface area (Å²) in [4.78, 5) is 0. The van der Waals surface area contributed by atoms with E-state index in [1.807, 2.05) is 55.5 Å². The van der Waals surface area contributed by atoms with Gasteiger partial charge in [0.1, 0.15) is 0 Å². The largest absolute Gasteiger partial charge is 0.383 e. The van der Waals surface area contributed by atoms with Gasteiger partial charge in [0, 0.05) is 12.4 Å². The fourth-order valence-corrected chi connectivity index (χ4v) is 5.98. The summed E-state index contributed by atoms with van der Waals surface area (Å²) in [6.07, 6.45) is 0.749. The van der Waals surface area contributed by atoms with Crippen molar-refractivity contribution < 1.29 is 13.8 Å². The minimum Gasteiger partial charge on any atom is -0.383 e. The molecule has 1 N–H and O–H groups in total. The van der Waals surface area contributed by atoms with Gasteiger partial charge in [-0.1, -0.05) is 62.4 Å². The van der Waals surface area contributed by atoms with Gasteiger partial charge in [0.25, 0.3) is 0 Å². The molecule has 0 bridgehead atoms. The van der Waals surface area contributed by atoms with Crippen LogP contribution in [0.15, 0.2) is 60.7 Å². The maximum absolute atomic E-state index is 14.1. The van der Waals surface area contributed by atoms with Crippen molar-refractivity contribution in [2.45, 2.75) is 39.0 Å². The van der Waals surface area contributed by atoms with Crippen LogP contribution >= 0.6 is 7.37 Å². The van der Waals surface area contributed by atoms with Crippen LogP contribution in [-0.2, 0) is 13.8 Å². The molecule has 0 aliphatic rings. The molecule has 27 heavy (non-hydrogen) atoms. The monoisotopic (exact) mass is 389 g/mol. The predicted molar refractivity (Wildman–Crippen MR) is 113 cm³/mol. The van der Waals surface area contributed by atoms with Gasteiger partial charge in [-0.25, -0.2) is 0 Å². The van der Waals surface area contributed by atoms with Crippen molar-refractivity contribution in [3.05, 3.63) is 66.2 Å². The van der Waals surface area contributed by atoms with Gasteiger partial charge in [0.15, 0.2) is 0 Å². The molecule has 0 fully saturated rings. The summed E-state index contributed by atoms with van der Waals surface area (Å²) < 4.78 is 25.5. The molecule has 0 heterocycles. The highest BCUT2D eigenvalue weighted by atomic mass is 31.2. The first-order valence-corrected chi connectivity index (χ1v) is 11.3. The van der Waals surface area contributed by atoms with Crippen LogP contribution in [0.1, 0.15) is 38.8 Å². The molecule has 2 aromatic carbocycles. The number of rotatable bonds is 11. The van der Waals surface area contributed by atoms with E-state index in [0.29, 0.717) is 19.1 Å². The van der Waals surface area contributed by atoms with Crippen LogP contribution < -0.4 is 10.6 Å². The number of hydrogen-bond acceptors (Lipinski definition) is 4. The van der Waals surface area contributed by atoms with E-state index in [9.17, 15) is 4.57 Å². The molecular weight excluding hydrogens is 357 g/mol. The third kappa shape index (κ3) is 6.02. The lowest BCUT2D eigenvalue weighted by Gasteiger charge is -2.33. The van der Waals surface area contributed by atoms with Crippen LogP contribution in [0.25, 0.3) is 0 Å². The van der Waals surface area contributed by atoms with Crippen molar-refractivity contribution in [2.24, 2.45) is 5.92 Å². The topological polar surface area (TPSA) is 47.6 Å². The number of benzene rings is 2. The number of methoxy groups -OCH3 is 1. The first-order valence-electron chi connectivity index (χ1n) is 9.61. The number of hydrogen-bond donors (Lipinski definition) is 1. The molecule has 148 valence electrons. The molecule has 4 nitrogen and oxygen atoms in total. The minimum atomic E-state index is -3.10. The molecule has 0 aliphatic heterocycles. The maximum Gasteiger partial charge on any atom is 0.248 e. The lowest BCUT2D eigenvalue weighted by atomic mass is 10.1. The normalized spacial score (nSPS) is 16.0. The molecule has 5 heteroatoms. The zero-order valence-electron chi connectivity index (χ0n) is 16.8. The van der Waals surface area contributed by atoms with E-state index in [1.54, 1.807) is 7.11 Å². The third-order valence-electron chi connectivity index (χ3n) is 4.47. The minimum absolute atomic E-state index is 0.0579. The predicted octanol–water partition coefficient (Wildman–Crippen LogP) is 4.98. The summed E-state index contributed by atoms with van der Waals surface area (Å²) in [5.41, 5.74) is 1.12. The summed E-state index contributed by atoms with van der Waals surface area (Å²) in [6, 6.07) is 19.7. The second kappa shape index (κ2) is 10.8. The Labute approximate surface area is 163 Å². The number of nitrogens with one attached hydrogen (secondary N) is 1. The fraction of sp³-hybridized carbons (Fsp3) is 0.455. The molecule has 0 saturated carbocycles. The van der Waals surface area contributed by atoms with Crippen molar-refractivity contribution >= 4 is 12.7 Å². The Balaban J connectivity index is 2.40. The average Bonchev–Trinajstić information content (AvgIpc) is 2.68. The first kappa shape index (κ1) is 21.8. The van der Waals surface area contributed by atoms with Gasteiger partial charge in [-0.15, -0.1) is 0 Å². The zero-order chi connectivity index (χ0) is 19.7. The second-order valence-corrected chi connectivity index (χ2v) is 9.67. The van der Waals surface area contributed by atoms with E-state index in [2.05, 4.69) is 31.3 Å². The Hall–Kier alpha value is -1.45. The highest BCUT2D eigenvalue weighted by Crippen LogP contribution is 2.52. The Kier molecular flexibility index (Phi) is 8.72. The average molecular weight is 389 g/mol. The highest BCUT2D eigenvalue weighted by molar-refractivity contribution is 7.67. The van der Waals surface area contributed by atoms with Crippen LogP contribution in [0.3, 0.4) is 0 Å². The molecule has 0 amide bonds. The first-order chi connectivity index (χ1) is 13.0. The zero-order valence-corrected chi connectivity index (χ0v) is 17.7. The highest BCUT2D eigenvalue weighted by Gasteiger charge is 2.37. The van der Waals surface area contributed by atoms with Crippen LogP contribution in [0.5, 0.6) is 0 Å². The summed E-state index contributed by atoms with van der Waals surface area (Å²) in [6.45, 7) is 7.09. The van der Waals surface area contributed by atoms with Crippen LogP contribution in [0.2, 0.25) is 0 Å². The quantitative estimate of drug-likeness (QED) is 0.551. The Morgan fingerprint density at radius 1 is 1.00 bits per heavy atom. The van der Waals surface area contributed by atoms with Crippen molar-refractivity contribution in [3.63, 3.8) is 0 Å². The summed E-state index contributed by atoms with van der Waals surface area (Å²) in [5, 5.41) is 4.37. The molecule has 0 radical (unpaired) electrons. The van der Waals surface area contributed by atoms with E-state index in [-0.39, 0.29) is 11.8 Å². The van der Waals surface area contributed by atoms with Gasteiger partial charge in [-0.05, 0) is 37.0 Å². The molecule has 3 atom stereocenters. The Morgan fingerprint density at radius 3 is 2.11 bits per heavy atom. The molecule has 0 aliphatic carbocycles. The van der Waals surface area contributed by atoms with Gasteiger partial charge in [0.2, 0.25) is 7.37 Å². The molecule has 2 rings (SSSR count). The second-order valence-electron chi connectivity index (χ2n) is 7.08. The third-order valence-corrected chi connectivity index (χ3v) is 7.31. The van der Waals surface area contributed by atoms with Gasteiger partial charge >= 0.3 is 0 Å². The van der Waals surface area contributed by atoms with Crippen molar-refractivity contribution in [3.8, 4) is 0 Å². The van der Waals surface area contributed by atoms with E-state index >= 15 is 0 Å².